The number of carbonyl (C=O) groups is 1. The highest BCUT2D eigenvalue weighted by atomic mass is 35.5. The summed E-state index contributed by atoms with van der Waals surface area (Å²) < 4.78 is 12.5. The van der Waals surface area contributed by atoms with Gasteiger partial charge in [0.2, 0.25) is 5.91 Å². The quantitative estimate of drug-likeness (QED) is 0.233. The molecule has 1 aliphatic heterocycles. The Morgan fingerprint density at radius 2 is 1.84 bits per heavy atom. The van der Waals surface area contributed by atoms with Gasteiger partial charge in [0.05, 0.1) is 25.8 Å². The zero-order valence-electron chi connectivity index (χ0n) is 23.7. The van der Waals surface area contributed by atoms with Crippen molar-refractivity contribution >= 4 is 44.3 Å². The van der Waals surface area contributed by atoms with E-state index in [0.717, 1.165) is 17.5 Å². The number of thiazole rings is 1. The minimum atomic E-state index is -0.377. The minimum Gasteiger partial charge on any atom is -0.497 e. The molecule has 3 aromatic carbocycles. The molecule has 6 rings (SSSR count). The lowest BCUT2D eigenvalue weighted by atomic mass is 10.1. The van der Waals surface area contributed by atoms with Crippen molar-refractivity contribution in [2.75, 3.05) is 25.7 Å². The summed E-state index contributed by atoms with van der Waals surface area (Å²) in [5.41, 5.74) is 2.38. The number of carbonyl (C=O) groups excluding carboxylic acids is 1. The fourth-order valence-electron chi connectivity index (χ4n) is 5.34. The van der Waals surface area contributed by atoms with Crippen molar-refractivity contribution in [1.29, 1.82) is 0 Å². The van der Waals surface area contributed by atoms with Crippen LogP contribution in [-0.2, 0) is 17.9 Å². The lowest BCUT2D eigenvalue weighted by Crippen LogP contribution is -2.43. The molecule has 1 unspecified atom stereocenters. The summed E-state index contributed by atoms with van der Waals surface area (Å²) in [6.45, 7) is 1.29. The summed E-state index contributed by atoms with van der Waals surface area (Å²) in [6, 6.07) is 22.2. The molecule has 1 atom stereocenters. The van der Waals surface area contributed by atoms with Crippen LogP contribution in [0.25, 0.3) is 21.7 Å². The van der Waals surface area contributed by atoms with E-state index in [1.54, 1.807) is 30.9 Å². The van der Waals surface area contributed by atoms with Crippen LogP contribution in [0.5, 0.6) is 11.5 Å². The van der Waals surface area contributed by atoms with Gasteiger partial charge >= 0.3 is 0 Å². The number of ether oxygens (including phenoxy) is 2. The number of methoxy groups -OCH3 is 2. The Morgan fingerprint density at radius 3 is 2.60 bits per heavy atom. The van der Waals surface area contributed by atoms with Gasteiger partial charge in [0.15, 0.2) is 15.5 Å². The molecule has 11 heteroatoms. The fourth-order valence-corrected chi connectivity index (χ4v) is 6.57. The van der Waals surface area contributed by atoms with Crippen LogP contribution < -0.4 is 25.2 Å². The lowest BCUT2D eigenvalue weighted by molar-refractivity contribution is -0.122. The number of rotatable bonds is 9. The van der Waals surface area contributed by atoms with E-state index in [-0.39, 0.29) is 29.6 Å². The highest BCUT2D eigenvalue weighted by Crippen LogP contribution is 2.35. The van der Waals surface area contributed by atoms with Gasteiger partial charge in [-0.3, -0.25) is 14.2 Å². The Morgan fingerprint density at radius 1 is 1.05 bits per heavy atom. The van der Waals surface area contributed by atoms with Gasteiger partial charge in [0, 0.05) is 30.3 Å². The number of aromatic nitrogens is 3. The number of fused-ring (bicyclic) bond motifs is 1. The Labute approximate surface area is 257 Å². The van der Waals surface area contributed by atoms with E-state index < -0.39 is 0 Å². The summed E-state index contributed by atoms with van der Waals surface area (Å²) in [5.74, 6) is 1.59. The molecule has 1 aliphatic rings. The average molecular weight is 616 g/mol. The van der Waals surface area contributed by atoms with E-state index >= 15 is 0 Å². The highest BCUT2D eigenvalue weighted by molar-refractivity contribution is 7.21. The van der Waals surface area contributed by atoms with Crippen molar-refractivity contribution in [2.24, 2.45) is 0 Å². The Balaban J connectivity index is 1.39. The van der Waals surface area contributed by atoms with Crippen molar-refractivity contribution in [3.05, 3.63) is 99.3 Å². The molecule has 1 N–H and O–H groups in total. The molecule has 220 valence electrons. The molecule has 0 saturated carbocycles. The topological polar surface area (TPSA) is 98.6 Å². The number of nitrogens with one attached hydrogen (secondary N) is 1. The van der Waals surface area contributed by atoms with Crippen molar-refractivity contribution in [3.63, 3.8) is 0 Å². The smallest absolute Gasteiger partial charge is 0.281 e. The van der Waals surface area contributed by atoms with Crippen LogP contribution in [0.3, 0.4) is 0 Å². The molecule has 5 aromatic rings. The zero-order chi connectivity index (χ0) is 29.9. The molecule has 0 radical (unpaired) electrons. The van der Waals surface area contributed by atoms with Crippen molar-refractivity contribution in [2.45, 2.75) is 32.0 Å². The molecule has 0 bridgehead atoms. The Hall–Kier alpha value is -4.41. The third-order valence-corrected chi connectivity index (χ3v) is 8.87. The molecular formula is C32H30ClN5O4S. The van der Waals surface area contributed by atoms with Crippen LogP contribution >= 0.6 is 22.9 Å². The van der Waals surface area contributed by atoms with Gasteiger partial charge < -0.3 is 19.7 Å². The molecular weight excluding hydrogens is 586 g/mol. The predicted molar refractivity (Wildman–Crippen MR) is 169 cm³/mol. The summed E-state index contributed by atoms with van der Waals surface area (Å²) in [4.78, 5) is 39.5. The van der Waals surface area contributed by atoms with Gasteiger partial charge in [-0.1, -0.05) is 65.4 Å². The van der Waals surface area contributed by atoms with Gasteiger partial charge in [0.1, 0.15) is 23.4 Å². The van der Waals surface area contributed by atoms with Crippen molar-refractivity contribution in [3.8, 4) is 22.9 Å². The van der Waals surface area contributed by atoms with Crippen LogP contribution in [0.1, 0.15) is 24.0 Å². The number of nitrogens with zero attached hydrogens (tertiary/aromatic N) is 4. The summed E-state index contributed by atoms with van der Waals surface area (Å²) in [7, 11) is 3.16. The monoisotopic (exact) mass is 615 g/mol. The van der Waals surface area contributed by atoms with Crippen LogP contribution in [0, 0.1) is 0 Å². The van der Waals surface area contributed by atoms with Gasteiger partial charge in [-0.05, 0) is 42.7 Å². The predicted octanol–water partition coefficient (Wildman–Crippen LogP) is 5.52. The molecule has 3 heterocycles. The number of amides is 1. The average Bonchev–Trinajstić information content (AvgIpc) is 3.70. The first-order valence-corrected chi connectivity index (χ1v) is 15.1. The van der Waals surface area contributed by atoms with E-state index in [4.69, 9.17) is 31.0 Å². The zero-order valence-corrected chi connectivity index (χ0v) is 25.3. The molecule has 1 saturated heterocycles. The van der Waals surface area contributed by atoms with Crippen LogP contribution in [-0.4, -0.2) is 47.2 Å². The van der Waals surface area contributed by atoms with Gasteiger partial charge in [-0.2, -0.15) is 0 Å². The normalized spacial score (nSPS) is 14.7. The molecule has 1 fully saturated rings. The second-order valence-corrected chi connectivity index (χ2v) is 11.6. The number of benzene rings is 3. The molecule has 9 nitrogen and oxygen atoms in total. The lowest BCUT2D eigenvalue weighted by Gasteiger charge is -2.23. The van der Waals surface area contributed by atoms with E-state index in [1.807, 2.05) is 65.6 Å². The highest BCUT2D eigenvalue weighted by Gasteiger charge is 2.33. The number of halogens is 1. The van der Waals surface area contributed by atoms with Crippen molar-refractivity contribution in [1.82, 2.24) is 19.9 Å². The first-order chi connectivity index (χ1) is 21.0. The number of hydrogen-bond acceptors (Lipinski definition) is 8. The Kier molecular flexibility index (Phi) is 8.31. The first-order valence-electron chi connectivity index (χ1n) is 13.9. The van der Waals surface area contributed by atoms with Crippen molar-refractivity contribution < 1.29 is 14.3 Å². The SMILES string of the molecule is COc1ccc(Cn2c(-c3ccccc3Cl)nc3sc(N4CCCC4C(=O)NCc4ccccc4)nc3c2=O)c(OC)c1. The number of anilines is 1. The summed E-state index contributed by atoms with van der Waals surface area (Å²) in [5, 5.41) is 4.13. The third-order valence-electron chi connectivity index (χ3n) is 7.56. The van der Waals surface area contributed by atoms with Gasteiger partial charge in [0.25, 0.3) is 5.56 Å². The molecule has 0 aliphatic carbocycles. The van der Waals surface area contributed by atoms with E-state index in [0.29, 0.717) is 57.4 Å². The van der Waals surface area contributed by atoms with E-state index in [1.165, 1.54) is 11.3 Å². The Bertz CT molecular complexity index is 1840. The van der Waals surface area contributed by atoms with Crippen LogP contribution in [0.2, 0.25) is 5.02 Å². The maximum Gasteiger partial charge on any atom is 0.281 e. The minimum absolute atomic E-state index is 0.0608. The standard InChI is InChI=1S/C32H30ClN5O4S/c1-41-22-15-14-21(26(17-22)42-2)19-38-28(23-11-6-7-12-24(23)33)36-30-27(31(38)40)35-32(43-30)37-16-8-13-25(37)29(39)34-18-20-9-4-3-5-10-20/h3-7,9-12,14-15,17,25H,8,13,16,18-19H2,1-2H3,(H,34,39). The summed E-state index contributed by atoms with van der Waals surface area (Å²) >= 11 is 7.92. The summed E-state index contributed by atoms with van der Waals surface area (Å²) in [6.07, 6.45) is 1.55. The second kappa shape index (κ2) is 12.4. The van der Waals surface area contributed by atoms with E-state index in [9.17, 15) is 9.59 Å². The van der Waals surface area contributed by atoms with Crippen LogP contribution in [0.4, 0.5) is 5.13 Å². The molecule has 0 spiro atoms. The van der Waals surface area contributed by atoms with Gasteiger partial charge in [-0.25, -0.2) is 9.97 Å². The molecule has 1 amide bonds. The first kappa shape index (κ1) is 28.7. The third kappa shape index (κ3) is 5.80. The fraction of sp³-hybridized carbons (Fsp3) is 0.250. The number of hydrogen-bond donors (Lipinski definition) is 1. The maximum atomic E-state index is 14.1. The van der Waals surface area contributed by atoms with Crippen LogP contribution in [0.15, 0.2) is 77.6 Å². The second-order valence-electron chi connectivity index (χ2n) is 10.2. The molecule has 2 aromatic heterocycles. The van der Waals surface area contributed by atoms with E-state index in [2.05, 4.69) is 5.32 Å². The largest absolute Gasteiger partial charge is 0.497 e. The molecule has 43 heavy (non-hydrogen) atoms. The van der Waals surface area contributed by atoms with Gasteiger partial charge in [-0.15, -0.1) is 0 Å². The maximum absolute atomic E-state index is 14.1.